The zero-order valence-electron chi connectivity index (χ0n) is 10.7. The Bertz CT molecular complexity index is 362. The van der Waals surface area contributed by atoms with E-state index in [2.05, 4.69) is 25.7 Å². The van der Waals surface area contributed by atoms with Crippen LogP contribution in [0.2, 0.25) is 19.6 Å². The molecule has 0 spiro atoms. The molecule has 0 aromatic rings. The number of ether oxygens (including phenoxy) is 1. The van der Waals surface area contributed by atoms with Crippen molar-refractivity contribution in [3.05, 3.63) is 0 Å². The average Bonchev–Trinajstić information content (AvgIpc) is 2.83. The van der Waals surface area contributed by atoms with Gasteiger partial charge in [-0.05, 0) is 32.5 Å². The fourth-order valence-electron chi connectivity index (χ4n) is 3.60. The molecule has 17 heavy (non-hydrogen) atoms. The fraction of sp³-hybridized carbons (Fsp3) is 0.917. The topological polar surface area (TPSA) is 45.5 Å². The Hall–Kier alpha value is -0.413. The number of nitriles is 1. The third-order valence-corrected chi connectivity index (χ3v) is 4.86. The van der Waals surface area contributed by atoms with Crippen LogP contribution in [0, 0.1) is 23.2 Å². The highest BCUT2D eigenvalue weighted by molar-refractivity contribution is 6.69. The first-order valence-corrected chi connectivity index (χ1v) is 9.91. The number of hydrogen-bond donors (Lipinski definition) is 0. The molecule has 3 fully saturated rings. The first-order chi connectivity index (χ1) is 7.99. The highest BCUT2D eigenvalue weighted by Crippen LogP contribution is 2.50. The molecule has 0 aromatic heterocycles. The zero-order chi connectivity index (χ0) is 12.2. The summed E-state index contributed by atoms with van der Waals surface area (Å²) in [6.07, 6.45) is 3.00. The quantitative estimate of drug-likeness (QED) is 0.702. The Morgan fingerprint density at radius 3 is 2.65 bits per heavy atom. The van der Waals surface area contributed by atoms with Gasteiger partial charge in [0.25, 0.3) is 0 Å². The third-order valence-electron chi connectivity index (χ3n) is 4.08. The van der Waals surface area contributed by atoms with Gasteiger partial charge in [0.05, 0.1) is 18.3 Å². The number of nitrogens with zero attached hydrogens (tertiary/aromatic N) is 2. The Labute approximate surface area is 104 Å². The molecule has 2 bridgehead atoms. The predicted molar refractivity (Wildman–Crippen MR) is 65.4 cm³/mol. The Balaban J connectivity index is 1.79. The van der Waals surface area contributed by atoms with Gasteiger partial charge in [-0.15, -0.1) is 0 Å². The van der Waals surface area contributed by atoms with Crippen molar-refractivity contribution in [2.24, 2.45) is 11.8 Å². The molecule has 3 aliphatic heterocycles. The van der Waals surface area contributed by atoms with Crippen molar-refractivity contribution in [3.8, 4) is 6.07 Å². The van der Waals surface area contributed by atoms with Crippen LogP contribution >= 0.6 is 0 Å². The van der Waals surface area contributed by atoms with E-state index in [1.165, 1.54) is 6.42 Å². The van der Waals surface area contributed by atoms with Gasteiger partial charge in [0.2, 0.25) is 8.32 Å². The van der Waals surface area contributed by atoms with Gasteiger partial charge in [-0.3, -0.25) is 0 Å². The molecule has 5 atom stereocenters. The van der Waals surface area contributed by atoms with Crippen LogP contribution in [0.25, 0.3) is 0 Å². The summed E-state index contributed by atoms with van der Waals surface area (Å²) in [4.78, 5) is 0. The Kier molecular flexibility index (Phi) is 2.60. The van der Waals surface area contributed by atoms with E-state index in [4.69, 9.17) is 9.26 Å². The molecule has 0 saturated carbocycles. The van der Waals surface area contributed by atoms with Crippen molar-refractivity contribution in [2.75, 3.05) is 6.54 Å². The van der Waals surface area contributed by atoms with Crippen molar-refractivity contribution in [1.82, 2.24) is 5.06 Å². The molecule has 0 radical (unpaired) electrons. The molecule has 0 amide bonds. The lowest BCUT2D eigenvalue weighted by Crippen LogP contribution is -2.42. The van der Waals surface area contributed by atoms with Gasteiger partial charge >= 0.3 is 0 Å². The monoisotopic (exact) mass is 252 g/mol. The van der Waals surface area contributed by atoms with Crippen LogP contribution in [0.1, 0.15) is 12.8 Å². The van der Waals surface area contributed by atoms with Crippen LogP contribution in [-0.2, 0) is 9.26 Å². The van der Waals surface area contributed by atoms with Crippen LogP contribution in [0.15, 0.2) is 0 Å². The highest BCUT2D eigenvalue weighted by Gasteiger charge is 2.58. The van der Waals surface area contributed by atoms with Crippen LogP contribution in [0.4, 0.5) is 0 Å². The Morgan fingerprint density at radius 2 is 2.00 bits per heavy atom. The number of hydroxylamine groups is 2. The molecular weight excluding hydrogens is 232 g/mol. The fourth-order valence-corrected chi connectivity index (χ4v) is 4.49. The lowest BCUT2D eigenvalue weighted by atomic mass is 9.79. The molecule has 0 aliphatic carbocycles. The molecule has 3 aliphatic rings. The van der Waals surface area contributed by atoms with E-state index < -0.39 is 8.32 Å². The summed E-state index contributed by atoms with van der Waals surface area (Å²) < 4.78 is 12.0. The maximum atomic E-state index is 9.40. The molecule has 3 rings (SSSR count). The number of hydrogen-bond acceptors (Lipinski definition) is 4. The van der Waals surface area contributed by atoms with Crippen molar-refractivity contribution in [2.45, 2.75) is 50.7 Å². The van der Waals surface area contributed by atoms with Crippen LogP contribution in [-0.4, -0.2) is 38.2 Å². The van der Waals surface area contributed by atoms with Gasteiger partial charge in [-0.25, -0.2) is 0 Å². The molecule has 94 valence electrons. The van der Waals surface area contributed by atoms with E-state index in [-0.39, 0.29) is 6.04 Å². The number of rotatable bonds is 2. The zero-order valence-corrected chi connectivity index (χ0v) is 11.7. The van der Waals surface area contributed by atoms with Crippen molar-refractivity contribution < 1.29 is 9.26 Å². The van der Waals surface area contributed by atoms with E-state index in [1.807, 2.05) is 5.06 Å². The van der Waals surface area contributed by atoms with Gasteiger partial charge in [0.1, 0.15) is 6.04 Å². The van der Waals surface area contributed by atoms with E-state index in [9.17, 15) is 5.26 Å². The van der Waals surface area contributed by atoms with Gasteiger partial charge in [0.15, 0.2) is 0 Å². The first-order valence-electron chi connectivity index (χ1n) is 6.50. The summed E-state index contributed by atoms with van der Waals surface area (Å²) in [5.74, 6) is 0.907. The molecule has 3 saturated heterocycles. The van der Waals surface area contributed by atoms with Crippen molar-refractivity contribution in [1.29, 1.82) is 5.26 Å². The first kappa shape index (κ1) is 11.7. The molecule has 5 heteroatoms. The van der Waals surface area contributed by atoms with E-state index >= 15 is 0 Å². The van der Waals surface area contributed by atoms with Crippen LogP contribution in [0.3, 0.4) is 0 Å². The summed E-state index contributed by atoms with van der Waals surface area (Å²) in [5, 5.41) is 11.4. The van der Waals surface area contributed by atoms with Gasteiger partial charge in [-0.2, -0.15) is 10.3 Å². The second-order valence-electron chi connectivity index (χ2n) is 6.41. The second kappa shape index (κ2) is 3.79. The largest absolute Gasteiger partial charge is 0.374 e. The summed E-state index contributed by atoms with van der Waals surface area (Å²) in [6, 6.07) is 2.34. The predicted octanol–water partition coefficient (Wildman–Crippen LogP) is 1.75. The maximum absolute atomic E-state index is 9.40. The van der Waals surface area contributed by atoms with Gasteiger partial charge < -0.3 is 9.26 Å². The van der Waals surface area contributed by atoms with Crippen LogP contribution in [0.5, 0.6) is 0 Å². The summed E-state index contributed by atoms with van der Waals surface area (Å²) in [6.45, 7) is 7.39. The van der Waals surface area contributed by atoms with Crippen molar-refractivity contribution in [3.63, 3.8) is 0 Å². The lowest BCUT2D eigenvalue weighted by molar-refractivity contribution is -0.0863. The normalized spacial score (nSPS) is 44.9. The van der Waals surface area contributed by atoms with Crippen molar-refractivity contribution >= 4 is 8.32 Å². The van der Waals surface area contributed by atoms with Gasteiger partial charge in [0, 0.05) is 18.4 Å². The van der Waals surface area contributed by atoms with E-state index in [0.717, 1.165) is 13.0 Å². The molecule has 4 nitrogen and oxygen atoms in total. The van der Waals surface area contributed by atoms with E-state index in [1.54, 1.807) is 0 Å². The minimum Gasteiger partial charge on any atom is -0.374 e. The Morgan fingerprint density at radius 1 is 1.29 bits per heavy atom. The van der Waals surface area contributed by atoms with E-state index in [0.29, 0.717) is 24.0 Å². The standard InChI is InChI=1S/C12H20N2O2Si/c1-17(2,3)16-14-7-8-10-4-5-11(15-10)12(8)9(14)6-13/h8-12H,4-5,7H2,1-3H3/t8-,9-,10-,11+,12+/m1/s1. The molecule has 0 N–H and O–H groups in total. The molecule has 0 unspecified atom stereocenters. The lowest BCUT2D eigenvalue weighted by Gasteiger charge is -2.29. The minimum absolute atomic E-state index is 0.0953. The summed E-state index contributed by atoms with van der Waals surface area (Å²) in [5.41, 5.74) is 0. The number of fused-ring (bicyclic) bond motifs is 5. The maximum Gasteiger partial charge on any atom is 0.212 e. The smallest absolute Gasteiger partial charge is 0.212 e. The summed E-state index contributed by atoms with van der Waals surface area (Å²) >= 11 is 0. The molecule has 0 aromatic carbocycles. The highest BCUT2D eigenvalue weighted by atomic mass is 28.4. The minimum atomic E-state index is -1.62. The SMILES string of the molecule is C[Si](C)(C)ON1C[C@H]2[C@H]([C@@H]3CC[C@H]2O3)[C@H]1C#N. The van der Waals surface area contributed by atoms with Crippen LogP contribution < -0.4 is 0 Å². The second-order valence-corrected chi connectivity index (χ2v) is 10.8. The molecule has 3 heterocycles. The molecular formula is C12H20N2O2Si. The van der Waals surface area contributed by atoms with Gasteiger partial charge in [-0.1, -0.05) is 0 Å². The third kappa shape index (κ3) is 1.84. The average molecular weight is 252 g/mol. The summed E-state index contributed by atoms with van der Waals surface area (Å²) in [7, 11) is -1.62.